The number of hydrogen-bond donors (Lipinski definition) is 1. The number of benzene rings is 1. The summed E-state index contributed by atoms with van der Waals surface area (Å²) in [5, 5.41) is 0. The molecule has 1 saturated heterocycles. The van der Waals surface area contributed by atoms with Crippen molar-refractivity contribution in [2.45, 2.75) is 48.6 Å². The van der Waals surface area contributed by atoms with Crippen LogP contribution in [0, 0.1) is 5.92 Å². The third-order valence-corrected chi connectivity index (χ3v) is 7.89. The van der Waals surface area contributed by atoms with Gasteiger partial charge in [-0.05, 0) is 43.0 Å². The van der Waals surface area contributed by atoms with Crippen molar-refractivity contribution in [1.29, 1.82) is 0 Å². The van der Waals surface area contributed by atoms with Crippen LogP contribution >= 0.6 is 0 Å². The SMILES string of the molecule is CC(C)C1CN(S(=O)(=O)c2ccc(S(=O)(=O)NC3CC3)cc2)CCO1. The van der Waals surface area contributed by atoms with Crippen molar-refractivity contribution in [2.24, 2.45) is 5.92 Å². The van der Waals surface area contributed by atoms with Crippen LogP contribution in [0.15, 0.2) is 34.1 Å². The zero-order valence-electron chi connectivity index (χ0n) is 14.4. The van der Waals surface area contributed by atoms with E-state index in [1.807, 2.05) is 13.8 Å². The molecule has 1 aliphatic heterocycles. The van der Waals surface area contributed by atoms with Crippen LogP contribution < -0.4 is 4.72 Å². The number of rotatable bonds is 6. The molecule has 9 heteroatoms. The molecular weight excluding hydrogens is 364 g/mol. The fraction of sp³-hybridized carbons (Fsp3) is 0.625. The van der Waals surface area contributed by atoms with Gasteiger partial charge in [0.15, 0.2) is 0 Å². The number of hydrogen-bond acceptors (Lipinski definition) is 5. The predicted molar refractivity (Wildman–Crippen MR) is 93.1 cm³/mol. The van der Waals surface area contributed by atoms with Crippen molar-refractivity contribution in [1.82, 2.24) is 9.03 Å². The Labute approximate surface area is 149 Å². The van der Waals surface area contributed by atoms with Gasteiger partial charge in [0.1, 0.15) is 0 Å². The minimum Gasteiger partial charge on any atom is -0.375 e. The third kappa shape index (κ3) is 4.22. The second kappa shape index (κ2) is 6.96. The standard InChI is InChI=1S/C16H24N2O5S2/c1-12(2)16-11-18(9-10-23-16)25(21,22)15-7-5-14(6-8-15)24(19,20)17-13-3-4-13/h5-8,12-13,16-17H,3-4,9-11H2,1-2H3. The lowest BCUT2D eigenvalue weighted by molar-refractivity contribution is -0.0263. The molecule has 2 fully saturated rings. The van der Waals surface area contributed by atoms with E-state index in [0.717, 1.165) is 12.8 Å². The topological polar surface area (TPSA) is 92.8 Å². The molecule has 0 spiro atoms. The van der Waals surface area contributed by atoms with Gasteiger partial charge in [-0.2, -0.15) is 4.31 Å². The summed E-state index contributed by atoms with van der Waals surface area (Å²) in [7, 11) is -7.25. The molecule has 0 amide bonds. The van der Waals surface area contributed by atoms with Gasteiger partial charge in [0.25, 0.3) is 0 Å². The largest absolute Gasteiger partial charge is 0.375 e. The van der Waals surface area contributed by atoms with Crippen molar-refractivity contribution < 1.29 is 21.6 Å². The number of sulfonamides is 2. The molecule has 3 rings (SSSR count). The summed E-state index contributed by atoms with van der Waals surface area (Å²) in [6.45, 7) is 4.96. The number of ether oxygens (including phenoxy) is 1. The van der Waals surface area contributed by atoms with Crippen LogP contribution in [0.4, 0.5) is 0 Å². The first-order chi connectivity index (χ1) is 11.7. The molecule has 0 bridgehead atoms. The van der Waals surface area contributed by atoms with E-state index in [1.165, 1.54) is 28.6 Å². The average Bonchev–Trinajstić information content (AvgIpc) is 3.38. The van der Waals surface area contributed by atoms with Crippen LogP contribution in [0.25, 0.3) is 0 Å². The van der Waals surface area contributed by atoms with E-state index in [2.05, 4.69) is 4.72 Å². The Kier molecular flexibility index (Phi) is 5.23. The fourth-order valence-electron chi connectivity index (χ4n) is 2.70. The van der Waals surface area contributed by atoms with E-state index in [-0.39, 0.29) is 27.9 Å². The molecule has 2 aliphatic rings. The summed E-state index contributed by atoms with van der Waals surface area (Å²) in [5.74, 6) is 0.221. The molecule has 1 unspecified atom stereocenters. The van der Waals surface area contributed by atoms with Gasteiger partial charge in [0, 0.05) is 19.1 Å². The summed E-state index contributed by atoms with van der Waals surface area (Å²) in [5.41, 5.74) is 0. The summed E-state index contributed by atoms with van der Waals surface area (Å²) in [4.78, 5) is 0.183. The lowest BCUT2D eigenvalue weighted by Crippen LogP contribution is -2.47. The maximum atomic E-state index is 12.8. The number of nitrogens with zero attached hydrogens (tertiary/aromatic N) is 1. The lowest BCUT2D eigenvalue weighted by atomic mass is 10.1. The second-order valence-electron chi connectivity index (χ2n) is 6.88. The van der Waals surface area contributed by atoms with Crippen molar-refractivity contribution in [3.8, 4) is 0 Å². The molecule has 0 radical (unpaired) electrons. The Bertz CT molecular complexity index is 815. The quantitative estimate of drug-likeness (QED) is 0.790. The monoisotopic (exact) mass is 388 g/mol. The van der Waals surface area contributed by atoms with Gasteiger partial charge in [-0.25, -0.2) is 21.6 Å². The molecule has 1 aliphatic carbocycles. The van der Waals surface area contributed by atoms with E-state index < -0.39 is 20.0 Å². The average molecular weight is 389 g/mol. The highest BCUT2D eigenvalue weighted by Crippen LogP contribution is 2.25. The zero-order valence-corrected chi connectivity index (χ0v) is 16.0. The van der Waals surface area contributed by atoms with E-state index in [1.54, 1.807) is 0 Å². The highest BCUT2D eigenvalue weighted by molar-refractivity contribution is 7.89. The van der Waals surface area contributed by atoms with Gasteiger partial charge in [0.05, 0.1) is 22.5 Å². The highest BCUT2D eigenvalue weighted by Gasteiger charge is 2.32. The van der Waals surface area contributed by atoms with Gasteiger partial charge in [0.2, 0.25) is 20.0 Å². The van der Waals surface area contributed by atoms with Crippen LogP contribution in [0.3, 0.4) is 0 Å². The van der Waals surface area contributed by atoms with E-state index in [0.29, 0.717) is 19.7 Å². The molecule has 0 aromatic heterocycles. The van der Waals surface area contributed by atoms with Crippen LogP contribution in [0.1, 0.15) is 26.7 Å². The Hall–Kier alpha value is -1.00. The van der Waals surface area contributed by atoms with Crippen molar-refractivity contribution in [3.63, 3.8) is 0 Å². The second-order valence-corrected chi connectivity index (χ2v) is 10.5. The van der Waals surface area contributed by atoms with Gasteiger partial charge in [-0.15, -0.1) is 0 Å². The van der Waals surface area contributed by atoms with Gasteiger partial charge in [-0.3, -0.25) is 0 Å². The fourth-order valence-corrected chi connectivity index (χ4v) is 5.44. The Morgan fingerprint density at radius 3 is 2.24 bits per heavy atom. The molecule has 25 heavy (non-hydrogen) atoms. The maximum absolute atomic E-state index is 12.8. The molecule has 1 atom stereocenters. The number of morpholine rings is 1. The normalized spacial score (nSPS) is 23.1. The summed E-state index contributed by atoms with van der Waals surface area (Å²) in [6, 6.07) is 5.41. The highest BCUT2D eigenvalue weighted by atomic mass is 32.2. The summed E-state index contributed by atoms with van der Waals surface area (Å²) < 4.78 is 59.6. The van der Waals surface area contributed by atoms with Gasteiger partial charge in [-0.1, -0.05) is 13.8 Å². The first kappa shape index (κ1) is 18.8. The third-order valence-electron chi connectivity index (χ3n) is 4.47. The first-order valence-electron chi connectivity index (χ1n) is 8.44. The Balaban J connectivity index is 1.78. The molecule has 1 aromatic rings. The minimum atomic E-state index is -3.66. The van der Waals surface area contributed by atoms with Crippen LogP contribution in [-0.2, 0) is 24.8 Å². The molecule has 1 heterocycles. The molecule has 1 aromatic carbocycles. The smallest absolute Gasteiger partial charge is 0.243 e. The Morgan fingerprint density at radius 2 is 1.68 bits per heavy atom. The van der Waals surface area contributed by atoms with Crippen LogP contribution in [0.2, 0.25) is 0 Å². The van der Waals surface area contributed by atoms with Crippen molar-refractivity contribution in [3.05, 3.63) is 24.3 Å². The van der Waals surface area contributed by atoms with E-state index in [4.69, 9.17) is 4.74 Å². The summed E-state index contributed by atoms with van der Waals surface area (Å²) in [6.07, 6.45) is 1.56. The molecule has 7 nitrogen and oxygen atoms in total. The predicted octanol–water partition coefficient (Wildman–Crippen LogP) is 1.17. The van der Waals surface area contributed by atoms with Gasteiger partial charge >= 0.3 is 0 Å². The first-order valence-corrected chi connectivity index (χ1v) is 11.4. The number of nitrogens with one attached hydrogen (secondary N) is 1. The minimum absolute atomic E-state index is 0.00901. The summed E-state index contributed by atoms with van der Waals surface area (Å²) >= 11 is 0. The van der Waals surface area contributed by atoms with Crippen molar-refractivity contribution >= 4 is 20.0 Å². The zero-order chi connectivity index (χ0) is 18.2. The van der Waals surface area contributed by atoms with Crippen LogP contribution in [0.5, 0.6) is 0 Å². The Morgan fingerprint density at radius 1 is 1.08 bits per heavy atom. The maximum Gasteiger partial charge on any atom is 0.243 e. The van der Waals surface area contributed by atoms with Crippen molar-refractivity contribution in [2.75, 3.05) is 19.7 Å². The lowest BCUT2D eigenvalue weighted by Gasteiger charge is -2.34. The van der Waals surface area contributed by atoms with E-state index in [9.17, 15) is 16.8 Å². The molecular formula is C16H24N2O5S2. The van der Waals surface area contributed by atoms with Gasteiger partial charge < -0.3 is 4.74 Å². The molecule has 1 saturated carbocycles. The van der Waals surface area contributed by atoms with Crippen LogP contribution in [-0.4, -0.2) is 53.0 Å². The van der Waals surface area contributed by atoms with E-state index >= 15 is 0 Å². The molecule has 1 N–H and O–H groups in total. The molecule has 140 valence electrons.